The Morgan fingerprint density at radius 1 is 1.12 bits per heavy atom. The quantitative estimate of drug-likeness (QED) is 0.896. The Kier molecular flexibility index (Phi) is 3.12. The van der Waals surface area contributed by atoms with Crippen LogP contribution in [0.1, 0.15) is 0 Å². The van der Waals surface area contributed by atoms with Gasteiger partial charge in [-0.05, 0) is 12.1 Å². The summed E-state index contributed by atoms with van der Waals surface area (Å²) >= 11 is 11.7. The number of nitrogen functional groups attached to an aromatic ring is 1. The van der Waals surface area contributed by atoms with Crippen LogP contribution in [0.4, 0.5) is 5.82 Å². The molecule has 1 aromatic heterocycles. The van der Waals surface area contributed by atoms with Gasteiger partial charge in [-0.25, -0.2) is 9.97 Å². The van der Waals surface area contributed by atoms with Crippen molar-refractivity contribution in [2.75, 3.05) is 5.73 Å². The van der Waals surface area contributed by atoms with E-state index in [4.69, 9.17) is 33.7 Å². The van der Waals surface area contributed by atoms with Gasteiger partial charge in [0.15, 0.2) is 5.82 Å². The van der Waals surface area contributed by atoms with E-state index in [1.165, 1.54) is 12.4 Å². The maximum absolute atomic E-state index is 5.93. The van der Waals surface area contributed by atoms with Crippen LogP contribution in [-0.4, -0.2) is 9.97 Å². The molecular formula is C10H7Cl2N3O. The van der Waals surface area contributed by atoms with E-state index >= 15 is 0 Å². The normalized spacial score (nSPS) is 10.1. The van der Waals surface area contributed by atoms with E-state index in [1.807, 2.05) is 0 Å². The highest BCUT2D eigenvalue weighted by atomic mass is 35.5. The molecule has 0 aliphatic carbocycles. The molecule has 0 radical (unpaired) electrons. The Bertz CT molecular complexity index is 519. The topological polar surface area (TPSA) is 61.0 Å². The molecule has 1 aromatic carbocycles. The Balaban J connectivity index is 2.34. The number of benzene rings is 1. The molecule has 0 aliphatic rings. The van der Waals surface area contributed by atoms with Gasteiger partial charge in [-0.15, -0.1) is 0 Å². The van der Waals surface area contributed by atoms with Gasteiger partial charge in [-0.1, -0.05) is 23.2 Å². The average molecular weight is 256 g/mol. The summed E-state index contributed by atoms with van der Waals surface area (Å²) in [5.41, 5.74) is 5.58. The number of hydrogen-bond donors (Lipinski definition) is 1. The van der Waals surface area contributed by atoms with E-state index in [1.54, 1.807) is 18.2 Å². The molecule has 0 saturated carbocycles. The number of aromatic nitrogens is 2. The van der Waals surface area contributed by atoms with Crippen LogP contribution in [0, 0.1) is 0 Å². The highest BCUT2D eigenvalue weighted by Gasteiger charge is 2.08. The van der Waals surface area contributed by atoms with Crippen molar-refractivity contribution >= 4 is 29.0 Å². The maximum Gasteiger partial charge on any atom is 0.262 e. The van der Waals surface area contributed by atoms with Gasteiger partial charge in [-0.2, -0.15) is 0 Å². The van der Waals surface area contributed by atoms with E-state index in [0.29, 0.717) is 15.8 Å². The van der Waals surface area contributed by atoms with Gasteiger partial charge in [0.05, 0.1) is 5.02 Å². The Labute approximate surface area is 102 Å². The molecule has 2 N–H and O–H groups in total. The maximum atomic E-state index is 5.93. The molecule has 2 rings (SSSR count). The molecule has 0 atom stereocenters. The largest absolute Gasteiger partial charge is 0.434 e. The molecule has 0 aliphatic heterocycles. The van der Waals surface area contributed by atoms with Crippen molar-refractivity contribution in [3.05, 3.63) is 40.6 Å². The summed E-state index contributed by atoms with van der Waals surface area (Å²) in [6.07, 6.45) is 2.95. The lowest BCUT2D eigenvalue weighted by Crippen LogP contribution is -1.97. The zero-order valence-corrected chi connectivity index (χ0v) is 9.53. The van der Waals surface area contributed by atoms with Crippen LogP contribution < -0.4 is 10.5 Å². The third-order valence-corrected chi connectivity index (χ3v) is 2.34. The fourth-order valence-corrected chi connectivity index (χ4v) is 1.39. The molecule has 0 fully saturated rings. The summed E-state index contributed by atoms with van der Waals surface area (Å²) in [6.45, 7) is 0. The van der Waals surface area contributed by atoms with Crippen molar-refractivity contribution in [2.24, 2.45) is 0 Å². The lowest BCUT2D eigenvalue weighted by atomic mass is 10.3. The van der Waals surface area contributed by atoms with Crippen molar-refractivity contribution < 1.29 is 4.74 Å². The number of nitrogens with zero attached hydrogens (tertiary/aromatic N) is 2. The van der Waals surface area contributed by atoms with E-state index in [0.717, 1.165) is 0 Å². The number of rotatable bonds is 2. The van der Waals surface area contributed by atoms with Gasteiger partial charge in [-0.3, -0.25) is 0 Å². The van der Waals surface area contributed by atoms with Crippen LogP contribution in [0.3, 0.4) is 0 Å². The molecule has 16 heavy (non-hydrogen) atoms. The standard InChI is InChI=1S/C10H7Cl2N3O/c11-6-1-2-7(12)8(5-6)16-10-9(13)14-3-4-15-10/h1-5H,(H2,13,14). The third kappa shape index (κ3) is 2.35. The predicted molar refractivity (Wildman–Crippen MR) is 63.0 cm³/mol. The molecule has 2 aromatic rings. The monoisotopic (exact) mass is 255 g/mol. The zero-order valence-electron chi connectivity index (χ0n) is 8.02. The predicted octanol–water partition coefficient (Wildman–Crippen LogP) is 3.16. The van der Waals surface area contributed by atoms with E-state index < -0.39 is 0 Å². The fraction of sp³-hybridized carbons (Fsp3) is 0. The fourth-order valence-electron chi connectivity index (χ4n) is 1.07. The Hall–Kier alpha value is -1.52. The van der Waals surface area contributed by atoms with Crippen LogP contribution in [-0.2, 0) is 0 Å². The van der Waals surface area contributed by atoms with Gasteiger partial charge in [0.1, 0.15) is 5.75 Å². The molecule has 4 nitrogen and oxygen atoms in total. The number of nitrogens with two attached hydrogens (primary N) is 1. The molecular weight excluding hydrogens is 249 g/mol. The average Bonchev–Trinajstić information content (AvgIpc) is 2.27. The summed E-state index contributed by atoms with van der Waals surface area (Å²) in [7, 11) is 0. The molecule has 0 amide bonds. The van der Waals surface area contributed by atoms with Crippen LogP contribution >= 0.6 is 23.2 Å². The third-order valence-electron chi connectivity index (χ3n) is 1.79. The summed E-state index contributed by atoms with van der Waals surface area (Å²) in [4.78, 5) is 7.77. The number of ether oxygens (including phenoxy) is 1. The highest BCUT2D eigenvalue weighted by Crippen LogP contribution is 2.32. The SMILES string of the molecule is Nc1nccnc1Oc1cc(Cl)ccc1Cl. The van der Waals surface area contributed by atoms with E-state index in [2.05, 4.69) is 9.97 Å². The van der Waals surface area contributed by atoms with E-state index in [-0.39, 0.29) is 11.7 Å². The smallest absolute Gasteiger partial charge is 0.262 e. The first kappa shape index (κ1) is 11.0. The zero-order chi connectivity index (χ0) is 11.5. The van der Waals surface area contributed by atoms with Gasteiger partial charge in [0, 0.05) is 23.5 Å². The van der Waals surface area contributed by atoms with Gasteiger partial charge >= 0.3 is 0 Å². The minimum absolute atomic E-state index is 0.193. The first-order chi connectivity index (χ1) is 7.66. The second kappa shape index (κ2) is 4.55. The summed E-state index contributed by atoms with van der Waals surface area (Å²) in [5.74, 6) is 0.784. The number of anilines is 1. The molecule has 1 heterocycles. The molecule has 0 saturated heterocycles. The van der Waals surface area contributed by atoms with Crippen LogP contribution in [0.2, 0.25) is 10.0 Å². The van der Waals surface area contributed by atoms with E-state index in [9.17, 15) is 0 Å². The van der Waals surface area contributed by atoms with Crippen molar-refractivity contribution in [3.63, 3.8) is 0 Å². The number of hydrogen-bond acceptors (Lipinski definition) is 4. The number of halogens is 2. The van der Waals surface area contributed by atoms with Gasteiger partial charge in [0.2, 0.25) is 0 Å². The molecule has 6 heteroatoms. The first-order valence-corrected chi connectivity index (χ1v) is 5.12. The van der Waals surface area contributed by atoms with Crippen LogP contribution in [0.5, 0.6) is 11.6 Å². The first-order valence-electron chi connectivity index (χ1n) is 4.36. The highest BCUT2D eigenvalue weighted by molar-refractivity contribution is 6.34. The molecule has 0 bridgehead atoms. The van der Waals surface area contributed by atoms with Crippen LogP contribution in [0.15, 0.2) is 30.6 Å². The Morgan fingerprint density at radius 3 is 2.62 bits per heavy atom. The van der Waals surface area contributed by atoms with Gasteiger partial charge < -0.3 is 10.5 Å². The minimum Gasteiger partial charge on any atom is -0.434 e. The lowest BCUT2D eigenvalue weighted by Gasteiger charge is -2.07. The van der Waals surface area contributed by atoms with Crippen LogP contribution in [0.25, 0.3) is 0 Å². The van der Waals surface area contributed by atoms with Crippen molar-refractivity contribution in [3.8, 4) is 11.6 Å². The molecule has 0 spiro atoms. The van der Waals surface area contributed by atoms with Crippen molar-refractivity contribution in [1.82, 2.24) is 9.97 Å². The molecule has 82 valence electrons. The second-order valence-electron chi connectivity index (χ2n) is 2.92. The molecule has 0 unspecified atom stereocenters. The summed E-state index contributed by atoms with van der Waals surface area (Å²) in [6, 6.07) is 4.88. The second-order valence-corrected chi connectivity index (χ2v) is 3.77. The lowest BCUT2D eigenvalue weighted by molar-refractivity contribution is 0.463. The summed E-state index contributed by atoms with van der Waals surface area (Å²) in [5, 5.41) is 0.941. The minimum atomic E-state index is 0.193. The van der Waals surface area contributed by atoms with Crippen molar-refractivity contribution in [2.45, 2.75) is 0 Å². The Morgan fingerprint density at radius 2 is 1.88 bits per heavy atom. The van der Waals surface area contributed by atoms with Crippen molar-refractivity contribution in [1.29, 1.82) is 0 Å². The van der Waals surface area contributed by atoms with Gasteiger partial charge in [0.25, 0.3) is 5.88 Å². The summed E-state index contributed by atoms with van der Waals surface area (Å²) < 4.78 is 5.41.